The molecule has 2 nitrogen and oxygen atoms in total. The monoisotopic (exact) mass is 232 g/mol. The first-order valence-corrected chi connectivity index (χ1v) is 6.67. The molecule has 0 amide bonds. The second-order valence-electron chi connectivity index (χ2n) is 5.69. The average molecular weight is 232 g/mol. The Morgan fingerprint density at radius 1 is 1.29 bits per heavy atom. The van der Waals surface area contributed by atoms with Crippen LogP contribution in [0.2, 0.25) is 0 Å². The van der Waals surface area contributed by atoms with E-state index in [-0.39, 0.29) is 6.04 Å². The molecule has 0 aromatic heterocycles. The topological polar surface area (TPSA) is 29.3 Å². The first-order valence-electron chi connectivity index (χ1n) is 6.67. The fourth-order valence-corrected chi connectivity index (χ4v) is 2.85. The van der Waals surface area contributed by atoms with Gasteiger partial charge >= 0.3 is 0 Å². The highest BCUT2D eigenvalue weighted by molar-refractivity contribution is 5.49. The molecule has 17 heavy (non-hydrogen) atoms. The fraction of sp³-hybridized carbons (Fsp3) is 0.600. The van der Waals surface area contributed by atoms with Crippen molar-refractivity contribution in [2.75, 3.05) is 11.4 Å². The van der Waals surface area contributed by atoms with E-state index >= 15 is 0 Å². The van der Waals surface area contributed by atoms with Crippen molar-refractivity contribution in [3.63, 3.8) is 0 Å². The van der Waals surface area contributed by atoms with Gasteiger partial charge in [0.15, 0.2) is 0 Å². The Balaban J connectivity index is 2.07. The third-order valence-corrected chi connectivity index (χ3v) is 3.61. The van der Waals surface area contributed by atoms with Crippen molar-refractivity contribution >= 4 is 5.69 Å². The van der Waals surface area contributed by atoms with E-state index in [2.05, 4.69) is 49.9 Å². The summed E-state index contributed by atoms with van der Waals surface area (Å²) in [6.07, 6.45) is 2.27. The summed E-state index contributed by atoms with van der Waals surface area (Å²) in [6, 6.07) is 9.83. The fourth-order valence-electron chi connectivity index (χ4n) is 2.85. The lowest BCUT2D eigenvalue weighted by atomic mass is 10.1. The molecule has 94 valence electrons. The largest absolute Gasteiger partial charge is 0.369 e. The summed E-state index contributed by atoms with van der Waals surface area (Å²) in [5.41, 5.74) is 8.51. The van der Waals surface area contributed by atoms with E-state index in [0.29, 0.717) is 6.04 Å². The van der Waals surface area contributed by atoms with Gasteiger partial charge < -0.3 is 10.6 Å². The van der Waals surface area contributed by atoms with Crippen LogP contribution in [0.5, 0.6) is 0 Å². The molecule has 0 radical (unpaired) electrons. The molecule has 3 unspecified atom stereocenters. The van der Waals surface area contributed by atoms with Gasteiger partial charge in [0.1, 0.15) is 0 Å². The second kappa shape index (κ2) is 5.09. The molecule has 0 spiro atoms. The SMILES string of the molecule is CC(N)Cc1ccc(N2CC(C)CC2C)cc1. The Labute approximate surface area is 105 Å². The zero-order valence-corrected chi connectivity index (χ0v) is 11.2. The van der Waals surface area contributed by atoms with Gasteiger partial charge in [0.25, 0.3) is 0 Å². The molecule has 2 heteroatoms. The minimum Gasteiger partial charge on any atom is -0.369 e. The normalized spacial score (nSPS) is 26.2. The average Bonchev–Trinajstić information content (AvgIpc) is 2.58. The van der Waals surface area contributed by atoms with Crippen LogP contribution in [-0.2, 0) is 6.42 Å². The van der Waals surface area contributed by atoms with E-state index in [4.69, 9.17) is 5.73 Å². The molecule has 2 N–H and O–H groups in total. The van der Waals surface area contributed by atoms with Crippen molar-refractivity contribution in [1.29, 1.82) is 0 Å². The number of nitrogens with two attached hydrogens (primary N) is 1. The summed E-state index contributed by atoms with van der Waals surface area (Å²) in [4.78, 5) is 2.51. The van der Waals surface area contributed by atoms with Gasteiger partial charge in [-0.25, -0.2) is 0 Å². The van der Waals surface area contributed by atoms with Crippen molar-refractivity contribution in [1.82, 2.24) is 0 Å². The molecule has 3 atom stereocenters. The minimum atomic E-state index is 0.242. The van der Waals surface area contributed by atoms with Gasteiger partial charge in [-0.05, 0) is 50.3 Å². The van der Waals surface area contributed by atoms with Crippen molar-refractivity contribution in [3.05, 3.63) is 29.8 Å². The number of hydrogen-bond donors (Lipinski definition) is 1. The van der Waals surface area contributed by atoms with Gasteiger partial charge in [-0.15, -0.1) is 0 Å². The van der Waals surface area contributed by atoms with Crippen LogP contribution in [0.1, 0.15) is 32.8 Å². The second-order valence-corrected chi connectivity index (χ2v) is 5.69. The number of anilines is 1. The van der Waals surface area contributed by atoms with E-state index in [1.165, 1.54) is 24.2 Å². The van der Waals surface area contributed by atoms with Gasteiger partial charge in [-0.2, -0.15) is 0 Å². The van der Waals surface area contributed by atoms with Crippen LogP contribution in [-0.4, -0.2) is 18.6 Å². The standard InChI is InChI=1S/C15H24N2/c1-11-8-13(3)17(10-11)15-6-4-14(5-7-15)9-12(2)16/h4-7,11-13H,8-10,16H2,1-3H3. The van der Waals surface area contributed by atoms with Crippen molar-refractivity contribution < 1.29 is 0 Å². The van der Waals surface area contributed by atoms with Gasteiger partial charge in [0.2, 0.25) is 0 Å². The summed E-state index contributed by atoms with van der Waals surface area (Å²) in [6.45, 7) is 7.90. The molecule has 1 aromatic carbocycles. The molecular formula is C15H24N2. The lowest BCUT2D eigenvalue weighted by Gasteiger charge is -2.24. The van der Waals surface area contributed by atoms with Crippen LogP contribution < -0.4 is 10.6 Å². The van der Waals surface area contributed by atoms with Gasteiger partial charge in [-0.3, -0.25) is 0 Å². The van der Waals surface area contributed by atoms with E-state index in [1.54, 1.807) is 0 Å². The highest BCUT2D eigenvalue weighted by Gasteiger charge is 2.25. The smallest absolute Gasteiger partial charge is 0.0368 e. The summed E-state index contributed by atoms with van der Waals surface area (Å²) < 4.78 is 0. The molecule has 1 heterocycles. The third kappa shape index (κ3) is 3.01. The summed E-state index contributed by atoms with van der Waals surface area (Å²) in [7, 11) is 0. The Kier molecular flexibility index (Phi) is 3.72. The Morgan fingerprint density at radius 3 is 2.41 bits per heavy atom. The molecule has 0 bridgehead atoms. The molecule has 2 rings (SSSR count). The van der Waals surface area contributed by atoms with Crippen molar-refractivity contribution in [3.8, 4) is 0 Å². The lowest BCUT2D eigenvalue weighted by Crippen LogP contribution is -2.26. The van der Waals surface area contributed by atoms with E-state index < -0.39 is 0 Å². The van der Waals surface area contributed by atoms with Crippen LogP contribution in [0.4, 0.5) is 5.69 Å². The number of rotatable bonds is 3. The van der Waals surface area contributed by atoms with Crippen LogP contribution in [0, 0.1) is 5.92 Å². The molecule has 1 saturated heterocycles. The maximum absolute atomic E-state index is 5.81. The van der Waals surface area contributed by atoms with E-state index in [1.807, 2.05) is 0 Å². The molecule has 1 aliphatic heterocycles. The summed E-state index contributed by atoms with van der Waals surface area (Å²) in [5.74, 6) is 0.814. The van der Waals surface area contributed by atoms with Crippen molar-refractivity contribution in [2.45, 2.75) is 45.7 Å². The van der Waals surface area contributed by atoms with E-state index in [9.17, 15) is 0 Å². The molecule has 1 aliphatic rings. The van der Waals surface area contributed by atoms with E-state index in [0.717, 1.165) is 12.3 Å². The molecule has 1 fully saturated rings. The Bertz CT molecular complexity index is 356. The zero-order valence-electron chi connectivity index (χ0n) is 11.2. The quantitative estimate of drug-likeness (QED) is 0.868. The first-order chi connectivity index (χ1) is 8.06. The minimum absolute atomic E-state index is 0.242. The maximum Gasteiger partial charge on any atom is 0.0368 e. The number of benzene rings is 1. The predicted octanol–water partition coefficient (Wildman–Crippen LogP) is 2.81. The number of nitrogens with zero attached hydrogens (tertiary/aromatic N) is 1. The number of hydrogen-bond acceptors (Lipinski definition) is 2. The lowest BCUT2D eigenvalue weighted by molar-refractivity contribution is 0.625. The summed E-state index contributed by atoms with van der Waals surface area (Å²) in [5, 5.41) is 0. The van der Waals surface area contributed by atoms with Crippen LogP contribution >= 0.6 is 0 Å². The van der Waals surface area contributed by atoms with Gasteiger partial charge in [0, 0.05) is 24.3 Å². The molecule has 0 saturated carbocycles. The zero-order chi connectivity index (χ0) is 12.4. The first kappa shape index (κ1) is 12.4. The Hall–Kier alpha value is -1.02. The van der Waals surface area contributed by atoms with Crippen LogP contribution in [0.15, 0.2) is 24.3 Å². The third-order valence-electron chi connectivity index (χ3n) is 3.61. The van der Waals surface area contributed by atoms with Crippen LogP contribution in [0.25, 0.3) is 0 Å². The van der Waals surface area contributed by atoms with Crippen LogP contribution in [0.3, 0.4) is 0 Å². The Morgan fingerprint density at radius 2 is 1.94 bits per heavy atom. The van der Waals surface area contributed by atoms with Crippen molar-refractivity contribution in [2.24, 2.45) is 11.7 Å². The predicted molar refractivity (Wildman–Crippen MR) is 74.4 cm³/mol. The molecular weight excluding hydrogens is 208 g/mol. The highest BCUT2D eigenvalue weighted by atomic mass is 15.2. The molecule has 0 aliphatic carbocycles. The maximum atomic E-state index is 5.81. The highest BCUT2D eigenvalue weighted by Crippen LogP contribution is 2.28. The molecule has 1 aromatic rings. The van der Waals surface area contributed by atoms with Gasteiger partial charge in [0.05, 0.1) is 0 Å². The summed E-state index contributed by atoms with van der Waals surface area (Å²) >= 11 is 0. The van der Waals surface area contributed by atoms with Gasteiger partial charge in [-0.1, -0.05) is 19.1 Å².